The molecule has 5 aromatic carbocycles. The fraction of sp³-hybridized carbons (Fsp3) is 0.0645. The third-order valence-electron chi connectivity index (χ3n) is 7.27. The molecule has 5 aromatic rings. The molecule has 51 heavy (non-hydrogen) atoms. The van der Waals surface area contributed by atoms with E-state index in [9.17, 15) is 60.8 Å². The third-order valence-corrected chi connectivity index (χ3v) is 8.98. The largest absolute Gasteiger partial charge is 0.505 e. The van der Waals surface area contributed by atoms with Crippen molar-refractivity contribution in [2.45, 2.75) is 22.8 Å². The number of aromatic carboxylic acids is 2. The summed E-state index contributed by atoms with van der Waals surface area (Å²) in [6, 6.07) is 12.8. The lowest BCUT2D eigenvalue weighted by Crippen LogP contribution is -2.25. The first-order valence-electron chi connectivity index (χ1n) is 14.1. The van der Waals surface area contributed by atoms with E-state index in [0.717, 1.165) is 36.4 Å². The Hall–Kier alpha value is -6.35. The molecule has 0 aliphatic carbocycles. The van der Waals surface area contributed by atoms with Crippen LogP contribution in [0, 0.1) is 0 Å². The number of nitrogens with one attached hydrogen (secondary N) is 1. The van der Waals surface area contributed by atoms with E-state index in [0.29, 0.717) is 0 Å². The summed E-state index contributed by atoms with van der Waals surface area (Å²) in [6.07, 6.45) is 0. The molecular formula is C31H23N5O13S2. The SMILES string of the molecule is CC(Nc1ccc2cc(S(=O)(=O)O)c(N=Nc3ccc(N=Nc4cc(C(=O)O)cc(C(=O)O)c4)c4cc(S(=O)(=O)O)ccc34)c(O)c2c1)C(=O)O. The molecule has 0 saturated carbocycles. The molecule has 5 rings (SSSR count). The van der Waals surface area contributed by atoms with Crippen LogP contribution in [0.4, 0.5) is 28.4 Å². The Morgan fingerprint density at radius 1 is 0.667 bits per heavy atom. The highest BCUT2D eigenvalue weighted by molar-refractivity contribution is 7.86. The Kier molecular flexibility index (Phi) is 9.52. The Morgan fingerprint density at radius 2 is 1.27 bits per heavy atom. The maximum absolute atomic E-state index is 12.3. The molecule has 0 amide bonds. The van der Waals surface area contributed by atoms with E-state index in [2.05, 4.69) is 25.8 Å². The van der Waals surface area contributed by atoms with Gasteiger partial charge in [-0.05, 0) is 73.0 Å². The van der Waals surface area contributed by atoms with Crippen molar-refractivity contribution in [3.8, 4) is 5.75 Å². The van der Waals surface area contributed by atoms with Crippen LogP contribution in [-0.2, 0) is 25.0 Å². The molecule has 0 heterocycles. The van der Waals surface area contributed by atoms with Gasteiger partial charge in [-0.3, -0.25) is 13.9 Å². The first-order chi connectivity index (χ1) is 23.8. The van der Waals surface area contributed by atoms with Crippen molar-refractivity contribution in [3.63, 3.8) is 0 Å². The number of aliphatic carboxylic acids is 1. The zero-order valence-corrected chi connectivity index (χ0v) is 27.3. The molecule has 0 aliphatic heterocycles. The molecule has 0 saturated heterocycles. The maximum Gasteiger partial charge on any atom is 0.335 e. The standard InChI is InChI=1S/C31H23N5O13S2/c1-14(29(38)39)32-18-3-2-15-11-26(51(47,48)49)27(28(37)22(15)12-18)36-35-24-6-7-25(23-13-20(50(44,45)46)4-5-21(23)24)34-33-19-9-16(30(40)41)8-17(10-19)31(42)43/h2-14,32,37H,1H3,(H,38,39)(H,40,41)(H,42,43)(H,44,45,46)(H,47,48,49). The highest BCUT2D eigenvalue weighted by Crippen LogP contribution is 2.43. The molecule has 0 fully saturated rings. The first kappa shape index (κ1) is 35.9. The lowest BCUT2D eigenvalue weighted by atomic mass is 10.1. The smallest absolute Gasteiger partial charge is 0.335 e. The Morgan fingerprint density at radius 3 is 1.84 bits per heavy atom. The number of rotatable bonds is 11. The van der Waals surface area contributed by atoms with Crippen LogP contribution in [0.25, 0.3) is 21.5 Å². The van der Waals surface area contributed by atoms with Crippen LogP contribution in [0.3, 0.4) is 0 Å². The number of carboxylic acids is 3. The summed E-state index contributed by atoms with van der Waals surface area (Å²) in [7, 11) is -9.78. The van der Waals surface area contributed by atoms with Gasteiger partial charge in [0.25, 0.3) is 20.2 Å². The predicted molar refractivity (Wildman–Crippen MR) is 179 cm³/mol. The van der Waals surface area contributed by atoms with Crippen molar-refractivity contribution in [2.75, 3.05) is 5.32 Å². The van der Waals surface area contributed by atoms with Crippen LogP contribution in [0.2, 0.25) is 0 Å². The van der Waals surface area contributed by atoms with Crippen LogP contribution >= 0.6 is 0 Å². The molecule has 262 valence electrons. The molecule has 0 bridgehead atoms. The lowest BCUT2D eigenvalue weighted by Gasteiger charge is -2.13. The van der Waals surface area contributed by atoms with E-state index in [1.165, 1.54) is 43.3 Å². The summed E-state index contributed by atoms with van der Waals surface area (Å²) in [5.41, 5.74) is -1.59. The van der Waals surface area contributed by atoms with Gasteiger partial charge in [0.05, 0.1) is 33.1 Å². The van der Waals surface area contributed by atoms with Crippen LogP contribution < -0.4 is 5.32 Å². The summed E-state index contributed by atoms with van der Waals surface area (Å²) in [4.78, 5) is 32.9. The summed E-state index contributed by atoms with van der Waals surface area (Å²) in [5, 5.41) is 57.8. The van der Waals surface area contributed by atoms with Gasteiger partial charge in [-0.1, -0.05) is 12.1 Å². The topological polar surface area (TPSA) is 302 Å². The van der Waals surface area contributed by atoms with E-state index in [1.54, 1.807) is 0 Å². The van der Waals surface area contributed by atoms with E-state index < -0.39 is 76.5 Å². The number of phenolic OH excluding ortho intramolecular Hbond substituents is 1. The van der Waals surface area contributed by atoms with Gasteiger partial charge in [0.1, 0.15) is 16.6 Å². The van der Waals surface area contributed by atoms with E-state index in [-0.39, 0.29) is 44.3 Å². The van der Waals surface area contributed by atoms with Crippen molar-refractivity contribution in [2.24, 2.45) is 20.5 Å². The fourth-order valence-corrected chi connectivity index (χ4v) is 5.96. The zero-order valence-electron chi connectivity index (χ0n) is 25.7. The first-order valence-corrected chi connectivity index (χ1v) is 17.0. The van der Waals surface area contributed by atoms with Gasteiger partial charge in [-0.2, -0.15) is 21.9 Å². The van der Waals surface area contributed by atoms with E-state index in [4.69, 9.17) is 0 Å². The van der Waals surface area contributed by atoms with Crippen molar-refractivity contribution in [3.05, 3.63) is 83.9 Å². The number of fused-ring (bicyclic) bond motifs is 2. The Labute approximate surface area is 286 Å². The molecule has 1 unspecified atom stereocenters. The molecule has 1 atom stereocenters. The Balaban J connectivity index is 1.66. The molecular weight excluding hydrogens is 714 g/mol. The van der Waals surface area contributed by atoms with Crippen LogP contribution in [0.15, 0.2) is 103 Å². The number of azo groups is 2. The number of hydrogen-bond donors (Lipinski definition) is 7. The third kappa shape index (κ3) is 7.78. The number of benzene rings is 5. The predicted octanol–water partition coefficient (Wildman–Crippen LogP) is 6.30. The second-order valence-corrected chi connectivity index (χ2v) is 13.6. The van der Waals surface area contributed by atoms with Crippen molar-refractivity contribution in [1.29, 1.82) is 0 Å². The average Bonchev–Trinajstić information content (AvgIpc) is 3.05. The number of phenols is 1. The van der Waals surface area contributed by atoms with Gasteiger partial charge in [0.15, 0.2) is 5.75 Å². The summed E-state index contributed by atoms with van der Waals surface area (Å²) >= 11 is 0. The minimum Gasteiger partial charge on any atom is -0.505 e. The molecule has 0 aliphatic rings. The lowest BCUT2D eigenvalue weighted by molar-refractivity contribution is -0.137. The number of hydrogen-bond acceptors (Lipinski definition) is 13. The number of carboxylic acid groups (broad SMARTS) is 3. The molecule has 0 radical (unpaired) electrons. The van der Waals surface area contributed by atoms with Crippen molar-refractivity contribution in [1.82, 2.24) is 0 Å². The van der Waals surface area contributed by atoms with Crippen molar-refractivity contribution >= 4 is 88.1 Å². The summed E-state index contributed by atoms with van der Waals surface area (Å²) in [5.74, 6) is -4.79. The summed E-state index contributed by atoms with van der Waals surface area (Å²) in [6.45, 7) is 1.37. The quantitative estimate of drug-likeness (QED) is 0.0578. The van der Waals surface area contributed by atoms with Gasteiger partial charge in [0, 0.05) is 21.8 Å². The Bertz CT molecular complexity index is 2560. The summed E-state index contributed by atoms with van der Waals surface area (Å²) < 4.78 is 68.2. The monoisotopic (exact) mass is 737 g/mol. The van der Waals surface area contributed by atoms with Crippen LogP contribution in [0.5, 0.6) is 5.75 Å². The van der Waals surface area contributed by atoms with E-state index in [1.807, 2.05) is 0 Å². The molecule has 18 nitrogen and oxygen atoms in total. The number of carbonyl (C=O) groups is 3. The molecule has 0 aromatic heterocycles. The van der Waals surface area contributed by atoms with Gasteiger partial charge in [-0.15, -0.1) is 15.3 Å². The second-order valence-electron chi connectivity index (χ2n) is 10.8. The van der Waals surface area contributed by atoms with Gasteiger partial charge < -0.3 is 25.7 Å². The maximum atomic E-state index is 12.3. The second kappa shape index (κ2) is 13.5. The normalized spacial score (nSPS) is 12.8. The van der Waals surface area contributed by atoms with Gasteiger partial charge >= 0.3 is 17.9 Å². The minimum absolute atomic E-state index is 0.00961. The zero-order chi connectivity index (χ0) is 37.4. The molecule has 20 heteroatoms. The van der Waals surface area contributed by atoms with E-state index >= 15 is 0 Å². The van der Waals surface area contributed by atoms with Crippen LogP contribution in [0.1, 0.15) is 27.6 Å². The minimum atomic E-state index is -5.02. The van der Waals surface area contributed by atoms with Crippen molar-refractivity contribution < 1.29 is 60.8 Å². The number of anilines is 1. The van der Waals surface area contributed by atoms with Gasteiger partial charge in [-0.25, -0.2) is 9.59 Å². The van der Waals surface area contributed by atoms with Crippen LogP contribution in [-0.4, -0.2) is 70.3 Å². The highest BCUT2D eigenvalue weighted by Gasteiger charge is 2.23. The van der Waals surface area contributed by atoms with Gasteiger partial charge in [0.2, 0.25) is 0 Å². The average molecular weight is 738 g/mol. The number of aromatic hydroxyl groups is 1. The number of nitrogens with zero attached hydrogens (tertiary/aromatic N) is 4. The fourth-order valence-electron chi connectivity index (χ4n) is 4.80. The highest BCUT2D eigenvalue weighted by atomic mass is 32.2. The molecule has 0 spiro atoms. The molecule has 7 N–H and O–H groups in total.